The molecule has 1 aromatic rings. The summed E-state index contributed by atoms with van der Waals surface area (Å²) < 4.78 is 2.17. The zero-order valence-corrected chi connectivity index (χ0v) is 9.14. The van der Waals surface area contributed by atoms with Crippen LogP contribution in [0.5, 0.6) is 0 Å². The maximum absolute atomic E-state index is 5.79. The van der Waals surface area contributed by atoms with Gasteiger partial charge in [0.15, 0.2) is 0 Å². The van der Waals surface area contributed by atoms with Crippen LogP contribution in [0.25, 0.3) is 0 Å². The van der Waals surface area contributed by atoms with E-state index in [0.29, 0.717) is 0 Å². The van der Waals surface area contributed by atoms with Crippen LogP contribution in [0, 0.1) is 0 Å². The van der Waals surface area contributed by atoms with Gasteiger partial charge in [0.25, 0.3) is 0 Å². The van der Waals surface area contributed by atoms with Crippen LogP contribution in [0.15, 0.2) is 16.3 Å². The van der Waals surface area contributed by atoms with E-state index in [4.69, 9.17) is 17.3 Å². The molecule has 0 aliphatic heterocycles. The van der Waals surface area contributed by atoms with E-state index in [1.165, 1.54) is 10.6 Å². The molecule has 0 fully saturated rings. The van der Waals surface area contributed by atoms with Crippen LogP contribution in [0.3, 0.4) is 0 Å². The van der Waals surface area contributed by atoms with Crippen LogP contribution >= 0.6 is 34.7 Å². The second-order valence-electron chi connectivity index (χ2n) is 2.40. The monoisotopic (exact) mass is 221 g/mol. The molecule has 0 aliphatic rings. The van der Waals surface area contributed by atoms with E-state index in [9.17, 15) is 0 Å². The van der Waals surface area contributed by atoms with Crippen molar-refractivity contribution in [2.45, 2.75) is 17.1 Å². The molecule has 0 spiro atoms. The Morgan fingerprint density at radius 2 is 2.25 bits per heavy atom. The van der Waals surface area contributed by atoms with Gasteiger partial charge in [-0.15, -0.1) is 23.1 Å². The molecule has 2 N–H and O–H groups in total. The number of hydrogen-bond acceptors (Lipinski definition) is 3. The Morgan fingerprint density at radius 1 is 1.42 bits per heavy atom. The maximum atomic E-state index is 5.79. The van der Waals surface area contributed by atoms with Gasteiger partial charge in [-0.1, -0.05) is 11.6 Å². The minimum absolute atomic E-state index is 0.797. The van der Waals surface area contributed by atoms with E-state index in [0.717, 1.165) is 23.1 Å². The average molecular weight is 222 g/mol. The second-order valence-corrected chi connectivity index (χ2v) is 5.51. The van der Waals surface area contributed by atoms with Gasteiger partial charge in [-0.25, -0.2) is 0 Å². The molecule has 0 aromatic carbocycles. The van der Waals surface area contributed by atoms with Crippen LogP contribution in [0.2, 0.25) is 4.34 Å². The third-order valence-corrected chi connectivity index (χ3v) is 3.93. The largest absolute Gasteiger partial charge is 0.330 e. The lowest BCUT2D eigenvalue weighted by molar-refractivity contribution is 0.815. The summed E-state index contributed by atoms with van der Waals surface area (Å²) in [5.41, 5.74) is 5.38. The van der Waals surface area contributed by atoms with Gasteiger partial charge in [0.2, 0.25) is 0 Å². The summed E-state index contributed by atoms with van der Waals surface area (Å²) in [6.45, 7) is 0.797. The molecule has 1 aromatic heterocycles. The molecule has 68 valence electrons. The van der Waals surface area contributed by atoms with E-state index in [-0.39, 0.29) is 0 Å². The third kappa shape index (κ3) is 3.81. The van der Waals surface area contributed by atoms with Crippen LogP contribution < -0.4 is 5.73 Å². The fraction of sp³-hybridized carbons (Fsp3) is 0.500. The zero-order chi connectivity index (χ0) is 8.81. The Hall–Kier alpha value is 0.300. The molecule has 0 amide bonds. The van der Waals surface area contributed by atoms with Gasteiger partial charge in [-0.3, -0.25) is 0 Å². The van der Waals surface area contributed by atoms with Crippen LogP contribution in [-0.4, -0.2) is 12.3 Å². The number of rotatable bonds is 5. The summed E-state index contributed by atoms with van der Waals surface area (Å²) in [5, 5.41) is 0. The highest BCUT2D eigenvalue weighted by atomic mass is 35.5. The number of halogens is 1. The molecular weight excluding hydrogens is 210 g/mol. The molecule has 0 bridgehead atoms. The van der Waals surface area contributed by atoms with Crippen molar-refractivity contribution in [2.75, 3.05) is 12.3 Å². The number of unbranched alkanes of at least 4 members (excludes halogenated alkanes) is 1. The summed E-state index contributed by atoms with van der Waals surface area (Å²) >= 11 is 9.29. The lowest BCUT2D eigenvalue weighted by Crippen LogP contribution is -1.98. The Balaban J connectivity index is 2.15. The normalized spacial score (nSPS) is 10.5. The maximum Gasteiger partial charge on any atom is 0.0940 e. The molecule has 0 radical (unpaired) electrons. The second kappa shape index (κ2) is 5.86. The standard InChI is InChI=1S/C8H12ClNS2/c9-7-3-4-8(12-7)11-6-2-1-5-10/h3-4H,1-2,5-6,10H2. The predicted molar refractivity (Wildman–Crippen MR) is 58.3 cm³/mol. The smallest absolute Gasteiger partial charge is 0.0940 e. The summed E-state index contributed by atoms with van der Waals surface area (Å²) in [4.78, 5) is 0. The van der Waals surface area contributed by atoms with E-state index in [1.54, 1.807) is 11.3 Å². The first kappa shape index (κ1) is 10.4. The Bertz CT molecular complexity index is 225. The van der Waals surface area contributed by atoms with Crippen LogP contribution in [-0.2, 0) is 0 Å². The molecule has 12 heavy (non-hydrogen) atoms. The van der Waals surface area contributed by atoms with Crippen molar-refractivity contribution in [3.05, 3.63) is 16.5 Å². The summed E-state index contributed by atoms with van der Waals surface area (Å²) in [7, 11) is 0. The third-order valence-electron chi connectivity index (χ3n) is 1.39. The fourth-order valence-electron chi connectivity index (χ4n) is 0.794. The van der Waals surface area contributed by atoms with Crippen molar-refractivity contribution in [1.82, 2.24) is 0 Å². The van der Waals surface area contributed by atoms with Crippen molar-refractivity contribution < 1.29 is 0 Å². The van der Waals surface area contributed by atoms with E-state index in [1.807, 2.05) is 17.8 Å². The van der Waals surface area contributed by atoms with Crippen molar-refractivity contribution in [1.29, 1.82) is 0 Å². The summed E-state index contributed by atoms with van der Waals surface area (Å²) in [6.07, 6.45) is 2.31. The molecular formula is C8H12ClNS2. The first-order valence-corrected chi connectivity index (χ1v) is 6.09. The molecule has 1 heterocycles. The quantitative estimate of drug-likeness (QED) is 0.610. The predicted octanol–water partition coefficient (Wildman–Crippen LogP) is 3.23. The number of nitrogens with two attached hydrogens (primary N) is 1. The van der Waals surface area contributed by atoms with Gasteiger partial charge in [-0.05, 0) is 37.3 Å². The minimum atomic E-state index is 0.797. The molecule has 4 heteroatoms. The van der Waals surface area contributed by atoms with Gasteiger partial charge in [0.1, 0.15) is 0 Å². The molecule has 0 unspecified atom stereocenters. The highest BCUT2D eigenvalue weighted by Gasteiger charge is 1.97. The fourth-order valence-corrected chi connectivity index (χ4v) is 3.18. The van der Waals surface area contributed by atoms with Gasteiger partial charge < -0.3 is 5.73 Å². The van der Waals surface area contributed by atoms with Gasteiger partial charge in [0.05, 0.1) is 8.55 Å². The lowest BCUT2D eigenvalue weighted by atomic mass is 10.3. The van der Waals surface area contributed by atoms with Gasteiger partial charge in [-0.2, -0.15) is 0 Å². The summed E-state index contributed by atoms with van der Waals surface area (Å²) in [5.74, 6) is 1.15. The highest BCUT2D eigenvalue weighted by Crippen LogP contribution is 2.30. The van der Waals surface area contributed by atoms with Crippen molar-refractivity contribution in [3.63, 3.8) is 0 Å². The lowest BCUT2D eigenvalue weighted by Gasteiger charge is -1.95. The van der Waals surface area contributed by atoms with E-state index in [2.05, 4.69) is 6.07 Å². The van der Waals surface area contributed by atoms with Crippen molar-refractivity contribution in [2.24, 2.45) is 5.73 Å². The average Bonchev–Trinajstić information content (AvgIpc) is 2.45. The molecule has 1 rings (SSSR count). The molecule has 1 nitrogen and oxygen atoms in total. The highest BCUT2D eigenvalue weighted by molar-refractivity contribution is 8.01. The molecule has 0 saturated carbocycles. The first-order valence-electron chi connectivity index (χ1n) is 3.91. The zero-order valence-electron chi connectivity index (χ0n) is 6.75. The molecule has 0 aliphatic carbocycles. The van der Waals surface area contributed by atoms with Gasteiger partial charge >= 0.3 is 0 Å². The van der Waals surface area contributed by atoms with Gasteiger partial charge in [0, 0.05) is 0 Å². The van der Waals surface area contributed by atoms with Crippen LogP contribution in [0.1, 0.15) is 12.8 Å². The Morgan fingerprint density at radius 3 is 2.83 bits per heavy atom. The van der Waals surface area contributed by atoms with Crippen LogP contribution in [0.4, 0.5) is 0 Å². The van der Waals surface area contributed by atoms with Crippen molar-refractivity contribution >= 4 is 34.7 Å². The summed E-state index contributed by atoms with van der Waals surface area (Å²) in [6, 6.07) is 4.01. The molecule has 0 atom stereocenters. The number of hydrogen-bond donors (Lipinski definition) is 1. The topological polar surface area (TPSA) is 26.0 Å². The van der Waals surface area contributed by atoms with Crippen molar-refractivity contribution in [3.8, 4) is 0 Å². The molecule has 0 saturated heterocycles. The SMILES string of the molecule is NCCCCSc1ccc(Cl)s1. The Kier molecular flexibility index (Phi) is 5.07. The van der Waals surface area contributed by atoms with E-state index >= 15 is 0 Å². The first-order chi connectivity index (χ1) is 5.83. The minimum Gasteiger partial charge on any atom is -0.330 e. The van der Waals surface area contributed by atoms with E-state index < -0.39 is 0 Å². The Labute approximate surface area is 86.3 Å². The number of thiophene rings is 1. The number of thioether (sulfide) groups is 1.